The Bertz CT molecular complexity index is 3450. The van der Waals surface area contributed by atoms with Gasteiger partial charge in [-0.2, -0.15) is 0 Å². The molecule has 10 aromatic carbocycles. The fraction of sp³-hybridized carbons (Fsp3) is 0.0164. The van der Waals surface area contributed by atoms with Crippen molar-refractivity contribution < 1.29 is 0 Å². The topological polar surface area (TPSA) is 3.24 Å². The summed E-state index contributed by atoms with van der Waals surface area (Å²) >= 11 is 1.95. The van der Waals surface area contributed by atoms with Gasteiger partial charge in [-0.1, -0.05) is 206 Å². The van der Waals surface area contributed by atoms with Crippen LogP contribution in [0.2, 0.25) is 0 Å². The molecule has 13 rings (SSSR count). The predicted octanol–water partition coefficient (Wildman–Crippen LogP) is 16.9. The number of anilines is 3. The molecule has 0 saturated carbocycles. The first kappa shape index (κ1) is 35.9. The molecular weight excluding hydrogens is 779 g/mol. The van der Waals surface area contributed by atoms with Crippen LogP contribution in [0.15, 0.2) is 237 Å². The Morgan fingerprint density at radius 1 is 0.286 bits per heavy atom. The first-order valence-corrected chi connectivity index (χ1v) is 22.6. The van der Waals surface area contributed by atoms with E-state index < -0.39 is 5.41 Å². The molecule has 63 heavy (non-hydrogen) atoms. The molecule has 2 heteroatoms. The van der Waals surface area contributed by atoms with Crippen molar-refractivity contribution in [2.45, 2.75) is 5.41 Å². The summed E-state index contributed by atoms with van der Waals surface area (Å²) in [6.07, 6.45) is 0. The molecule has 2 aliphatic rings. The number of thiophene rings is 1. The highest BCUT2D eigenvalue weighted by Crippen LogP contribution is 2.66. The van der Waals surface area contributed by atoms with E-state index in [2.05, 4.69) is 241 Å². The van der Waals surface area contributed by atoms with Crippen LogP contribution in [0.1, 0.15) is 22.3 Å². The van der Waals surface area contributed by atoms with Gasteiger partial charge in [0.05, 0.1) is 11.1 Å². The van der Waals surface area contributed by atoms with Gasteiger partial charge in [-0.05, 0) is 97.1 Å². The summed E-state index contributed by atoms with van der Waals surface area (Å²) in [4.78, 5) is 2.47. The van der Waals surface area contributed by atoms with E-state index in [0.717, 1.165) is 17.1 Å². The van der Waals surface area contributed by atoms with Crippen molar-refractivity contribution in [1.82, 2.24) is 0 Å². The van der Waals surface area contributed by atoms with E-state index in [-0.39, 0.29) is 0 Å². The van der Waals surface area contributed by atoms with Crippen molar-refractivity contribution in [2.75, 3.05) is 4.90 Å². The molecule has 0 fully saturated rings. The number of nitrogens with zero attached hydrogens (tertiary/aromatic N) is 1. The molecule has 1 spiro atoms. The number of hydrogen-bond donors (Lipinski definition) is 0. The monoisotopic (exact) mass is 817 g/mol. The molecule has 2 aliphatic carbocycles. The maximum Gasteiger partial charge on any atom is 0.0726 e. The van der Waals surface area contributed by atoms with Crippen LogP contribution in [0.5, 0.6) is 0 Å². The zero-order valence-corrected chi connectivity index (χ0v) is 35.2. The van der Waals surface area contributed by atoms with Crippen LogP contribution in [-0.2, 0) is 5.41 Å². The van der Waals surface area contributed by atoms with Gasteiger partial charge in [-0.25, -0.2) is 0 Å². The molecule has 11 aromatic rings. The summed E-state index contributed by atoms with van der Waals surface area (Å²) in [7, 11) is 0. The van der Waals surface area contributed by atoms with Crippen LogP contribution >= 0.6 is 11.3 Å². The Hall–Kier alpha value is -7.78. The Kier molecular flexibility index (Phi) is 8.06. The van der Waals surface area contributed by atoms with Gasteiger partial charge in [0.25, 0.3) is 0 Å². The van der Waals surface area contributed by atoms with Crippen molar-refractivity contribution >= 4 is 48.6 Å². The number of benzene rings is 10. The minimum absolute atomic E-state index is 0.500. The molecular formula is C61H39NS. The van der Waals surface area contributed by atoms with Crippen LogP contribution in [0.4, 0.5) is 17.1 Å². The number of rotatable bonds is 6. The first-order chi connectivity index (χ1) is 31.3. The van der Waals surface area contributed by atoms with Gasteiger partial charge in [0, 0.05) is 42.7 Å². The van der Waals surface area contributed by atoms with Crippen molar-refractivity contribution in [3.8, 4) is 55.6 Å². The first-order valence-electron chi connectivity index (χ1n) is 21.8. The highest BCUT2D eigenvalue weighted by Gasteiger charge is 2.53. The normalized spacial score (nSPS) is 14.4. The minimum atomic E-state index is -0.500. The average Bonchev–Trinajstić information content (AvgIpc) is 4.00. The van der Waals surface area contributed by atoms with E-state index in [1.54, 1.807) is 0 Å². The van der Waals surface area contributed by atoms with E-state index in [4.69, 9.17) is 0 Å². The van der Waals surface area contributed by atoms with Gasteiger partial charge in [0.2, 0.25) is 0 Å². The van der Waals surface area contributed by atoms with Crippen molar-refractivity contribution in [3.63, 3.8) is 0 Å². The summed E-state index contributed by atoms with van der Waals surface area (Å²) in [6.45, 7) is 0. The number of hydrogen-bond acceptors (Lipinski definition) is 2. The summed E-state index contributed by atoms with van der Waals surface area (Å²) in [5.74, 6) is 0. The lowest BCUT2D eigenvalue weighted by Gasteiger charge is -2.32. The second-order valence-electron chi connectivity index (χ2n) is 16.7. The van der Waals surface area contributed by atoms with E-state index in [9.17, 15) is 0 Å². The number of fused-ring (bicyclic) bond motifs is 14. The molecule has 294 valence electrons. The zero-order valence-electron chi connectivity index (χ0n) is 34.4. The van der Waals surface area contributed by atoms with Crippen molar-refractivity contribution in [2.24, 2.45) is 0 Å². The molecule has 0 aliphatic heterocycles. The van der Waals surface area contributed by atoms with Gasteiger partial charge < -0.3 is 4.90 Å². The van der Waals surface area contributed by atoms with Crippen LogP contribution in [0, 0.1) is 0 Å². The quantitative estimate of drug-likeness (QED) is 0.162. The van der Waals surface area contributed by atoms with Crippen LogP contribution in [0.3, 0.4) is 0 Å². The molecule has 0 saturated heterocycles. The van der Waals surface area contributed by atoms with Gasteiger partial charge in [-0.15, -0.1) is 11.3 Å². The molecule has 1 unspecified atom stereocenters. The maximum atomic E-state index is 2.47. The SMILES string of the molecule is c1ccc(-c2ccc(N(c3ccc(-c4ccccc4)cc3)c3cccc4c3-c3ccccc3C43c4ccccc4-c4c3ccc3c4sc4c(-c5ccccc5)cccc43)cc2)cc1. The lowest BCUT2D eigenvalue weighted by atomic mass is 9.70. The van der Waals surface area contributed by atoms with Gasteiger partial charge >= 0.3 is 0 Å². The van der Waals surface area contributed by atoms with Crippen LogP contribution in [-0.4, -0.2) is 0 Å². The highest BCUT2D eigenvalue weighted by molar-refractivity contribution is 7.27. The molecule has 1 heterocycles. The smallest absolute Gasteiger partial charge is 0.0726 e. The van der Waals surface area contributed by atoms with Crippen molar-refractivity contribution in [3.05, 3.63) is 259 Å². The predicted molar refractivity (Wildman–Crippen MR) is 267 cm³/mol. The molecule has 0 radical (unpaired) electrons. The molecule has 0 amide bonds. The van der Waals surface area contributed by atoms with Crippen molar-refractivity contribution in [1.29, 1.82) is 0 Å². The fourth-order valence-corrected chi connectivity index (χ4v) is 12.2. The summed E-state index contributed by atoms with van der Waals surface area (Å²) in [5.41, 5.74) is 20.9. The second-order valence-corrected chi connectivity index (χ2v) is 17.7. The molecule has 0 N–H and O–H groups in total. The lowest BCUT2D eigenvalue weighted by molar-refractivity contribution is 0.794. The average molecular weight is 818 g/mol. The Balaban J connectivity index is 1.06. The van der Waals surface area contributed by atoms with Crippen LogP contribution < -0.4 is 4.90 Å². The largest absolute Gasteiger partial charge is 0.310 e. The second kappa shape index (κ2) is 14.1. The molecule has 1 atom stereocenters. The zero-order chi connectivity index (χ0) is 41.5. The summed E-state index contributed by atoms with van der Waals surface area (Å²) in [5, 5.41) is 2.64. The van der Waals surface area contributed by atoms with E-state index >= 15 is 0 Å². The van der Waals surface area contributed by atoms with Gasteiger partial charge in [-0.3, -0.25) is 0 Å². The van der Waals surface area contributed by atoms with E-state index in [1.807, 2.05) is 11.3 Å². The van der Waals surface area contributed by atoms with Gasteiger partial charge in [0.15, 0.2) is 0 Å². The summed E-state index contributed by atoms with van der Waals surface area (Å²) in [6, 6.07) is 87.5. The Morgan fingerprint density at radius 3 is 1.33 bits per heavy atom. The van der Waals surface area contributed by atoms with Gasteiger partial charge in [0.1, 0.15) is 0 Å². The summed E-state index contributed by atoms with van der Waals surface area (Å²) < 4.78 is 2.70. The molecule has 1 aromatic heterocycles. The third kappa shape index (κ3) is 5.29. The third-order valence-corrected chi connectivity index (χ3v) is 14.8. The highest BCUT2D eigenvalue weighted by atomic mass is 32.1. The molecule has 1 nitrogen and oxygen atoms in total. The lowest BCUT2D eigenvalue weighted by Crippen LogP contribution is -2.26. The maximum absolute atomic E-state index is 2.47. The third-order valence-electron chi connectivity index (χ3n) is 13.5. The van der Waals surface area contributed by atoms with Crippen LogP contribution in [0.25, 0.3) is 75.8 Å². The van der Waals surface area contributed by atoms with E-state index in [0.29, 0.717) is 0 Å². The Morgan fingerprint density at radius 2 is 0.730 bits per heavy atom. The standard InChI is InChI=1S/C61H39NS/c1-4-16-40(17-5-1)42-30-34-45(35-31-42)62(46-36-32-43(33-37-46)41-18-6-2-7-19-41)56-29-15-28-54-57(56)50-22-10-12-26-52(50)61(54)53-27-13-11-23-51(53)58-55(61)39-38-49-48-25-14-24-47(59(48)63-60(49)58)44-20-8-3-9-21-44/h1-39H. The Labute approximate surface area is 371 Å². The molecule has 0 bridgehead atoms. The fourth-order valence-electron chi connectivity index (χ4n) is 10.8. The minimum Gasteiger partial charge on any atom is -0.310 e. The van der Waals surface area contributed by atoms with E-state index in [1.165, 1.54) is 98.1 Å².